The number of benzene rings is 1. The van der Waals surface area contributed by atoms with Crippen molar-refractivity contribution >= 4 is 29.6 Å². The summed E-state index contributed by atoms with van der Waals surface area (Å²) >= 11 is 1.27. The van der Waals surface area contributed by atoms with Gasteiger partial charge < -0.3 is 28.4 Å². The van der Waals surface area contributed by atoms with Crippen molar-refractivity contribution in [1.29, 1.82) is 0 Å². The van der Waals surface area contributed by atoms with Crippen LogP contribution in [0.25, 0.3) is 0 Å². The first-order valence-electron chi connectivity index (χ1n) is 10.5. The van der Waals surface area contributed by atoms with Crippen LogP contribution in [-0.4, -0.2) is 61.0 Å². The number of methoxy groups -OCH3 is 2. The summed E-state index contributed by atoms with van der Waals surface area (Å²) in [6.45, 7) is 4.32. The number of hydrogen-bond donors (Lipinski definition) is 0. The third kappa shape index (κ3) is 6.10. The van der Waals surface area contributed by atoms with Crippen molar-refractivity contribution in [2.45, 2.75) is 26.9 Å². The zero-order chi connectivity index (χ0) is 24.7. The van der Waals surface area contributed by atoms with Gasteiger partial charge in [0.05, 0.1) is 54.5 Å². The lowest BCUT2D eigenvalue weighted by Crippen LogP contribution is -2.27. The molecule has 0 saturated carbocycles. The molecule has 2 aromatic rings. The van der Waals surface area contributed by atoms with Gasteiger partial charge >= 0.3 is 11.9 Å². The van der Waals surface area contributed by atoms with Crippen LogP contribution in [0.4, 0.5) is 0 Å². The van der Waals surface area contributed by atoms with Crippen LogP contribution in [0.5, 0.6) is 11.5 Å². The maximum atomic E-state index is 12.5. The predicted molar refractivity (Wildman–Crippen MR) is 122 cm³/mol. The van der Waals surface area contributed by atoms with Crippen molar-refractivity contribution < 1.29 is 37.9 Å². The van der Waals surface area contributed by atoms with Gasteiger partial charge in [0.15, 0.2) is 11.5 Å². The zero-order valence-corrected chi connectivity index (χ0v) is 20.2. The summed E-state index contributed by atoms with van der Waals surface area (Å²) < 4.78 is 26.3. The van der Waals surface area contributed by atoms with Gasteiger partial charge in [-0.05, 0) is 38.5 Å². The third-order valence-electron chi connectivity index (χ3n) is 5.06. The van der Waals surface area contributed by atoms with Crippen LogP contribution in [-0.2, 0) is 25.7 Å². The molecule has 0 atom stereocenters. The Hall–Kier alpha value is -3.47. The number of ether oxygens (including phenoxy) is 4. The standard InChI is InChI=1S/C23H26N2O8S/c1-14-17(15(2)33-24-14)12-32-18-7-6-16(10-19(18)29-3)23(28)31-9-5-8-25-20(26)13-34-21(25)11-22(27)30-4/h6-7,10-11H,5,8-9,12-13H2,1-4H3/b21-11+. The molecule has 1 aromatic heterocycles. The van der Waals surface area contributed by atoms with Crippen LogP contribution in [0, 0.1) is 13.8 Å². The number of aryl methyl sites for hydroxylation is 2. The average Bonchev–Trinajstić information content (AvgIpc) is 3.35. The Balaban J connectivity index is 1.53. The first-order chi connectivity index (χ1) is 16.3. The van der Waals surface area contributed by atoms with E-state index in [0.29, 0.717) is 40.8 Å². The van der Waals surface area contributed by atoms with Gasteiger partial charge in [0.1, 0.15) is 12.4 Å². The molecule has 1 aromatic carbocycles. The molecule has 3 rings (SSSR count). The largest absolute Gasteiger partial charge is 0.493 e. The molecular weight excluding hydrogens is 464 g/mol. The molecule has 0 N–H and O–H groups in total. The van der Waals surface area contributed by atoms with Crippen molar-refractivity contribution in [2.75, 3.05) is 33.1 Å². The minimum atomic E-state index is -0.526. The number of aromatic nitrogens is 1. The van der Waals surface area contributed by atoms with E-state index >= 15 is 0 Å². The topological polar surface area (TPSA) is 117 Å². The Bertz CT molecular complexity index is 1080. The summed E-state index contributed by atoms with van der Waals surface area (Å²) in [6.07, 6.45) is 1.69. The highest BCUT2D eigenvalue weighted by Crippen LogP contribution is 2.30. The highest BCUT2D eigenvalue weighted by atomic mass is 32.2. The minimum absolute atomic E-state index is 0.103. The Morgan fingerprint density at radius 1 is 1.24 bits per heavy atom. The number of rotatable bonds is 10. The smallest absolute Gasteiger partial charge is 0.338 e. The second kappa shape index (κ2) is 11.6. The Morgan fingerprint density at radius 3 is 2.71 bits per heavy atom. The van der Waals surface area contributed by atoms with Crippen LogP contribution in [0.1, 0.15) is 33.8 Å². The predicted octanol–water partition coefficient (Wildman–Crippen LogP) is 3.02. The van der Waals surface area contributed by atoms with Crippen molar-refractivity contribution in [3.8, 4) is 11.5 Å². The monoisotopic (exact) mass is 490 g/mol. The lowest BCUT2D eigenvalue weighted by Gasteiger charge is -2.16. The maximum absolute atomic E-state index is 12.5. The van der Waals surface area contributed by atoms with E-state index in [1.807, 2.05) is 13.8 Å². The van der Waals surface area contributed by atoms with Crippen LogP contribution in [0.15, 0.2) is 33.8 Å². The fraction of sp³-hybridized carbons (Fsp3) is 0.391. The SMILES string of the molecule is COC(=O)/C=C1/SCC(=O)N1CCCOC(=O)c1ccc(OCc2c(C)noc2C)c(OC)c1. The summed E-state index contributed by atoms with van der Waals surface area (Å²) in [5, 5.41) is 4.43. The second-order valence-electron chi connectivity index (χ2n) is 7.29. The highest BCUT2D eigenvalue weighted by molar-refractivity contribution is 8.04. The molecule has 0 unspecified atom stereocenters. The first kappa shape index (κ1) is 25.2. The van der Waals surface area contributed by atoms with Gasteiger partial charge in [0.2, 0.25) is 5.91 Å². The molecule has 1 aliphatic rings. The lowest BCUT2D eigenvalue weighted by molar-refractivity contribution is -0.134. The van der Waals surface area contributed by atoms with Crippen LogP contribution < -0.4 is 9.47 Å². The number of carbonyl (C=O) groups excluding carboxylic acids is 3. The van der Waals surface area contributed by atoms with E-state index in [1.165, 1.54) is 37.0 Å². The molecule has 0 radical (unpaired) electrons. The molecule has 2 heterocycles. The van der Waals surface area contributed by atoms with E-state index in [-0.39, 0.29) is 24.9 Å². The lowest BCUT2D eigenvalue weighted by atomic mass is 10.2. The summed E-state index contributed by atoms with van der Waals surface area (Å²) in [6, 6.07) is 4.77. The molecule has 0 spiro atoms. The van der Waals surface area contributed by atoms with Gasteiger partial charge in [-0.3, -0.25) is 4.79 Å². The first-order valence-corrected chi connectivity index (χ1v) is 11.4. The fourth-order valence-electron chi connectivity index (χ4n) is 3.17. The molecule has 0 aliphatic carbocycles. The Morgan fingerprint density at radius 2 is 2.03 bits per heavy atom. The van der Waals surface area contributed by atoms with Crippen LogP contribution in [0.2, 0.25) is 0 Å². The number of amides is 1. The van der Waals surface area contributed by atoms with Crippen LogP contribution in [0.3, 0.4) is 0 Å². The van der Waals surface area contributed by atoms with Gasteiger partial charge in [-0.2, -0.15) is 0 Å². The number of hydrogen-bond acceptors (Lipinski definition) is 10. The summed E-state index contributed by atoms with van der Waals surface area (Å²) in [5.74, 6) is 0.631. The number of nitrogens with zero attached hydrogens (tertiary/aromatic N) is 2. The molecule has 34 heavy (non-hydrogen) atoms. The van der Waals surface area contributed by atoms with E-state index < -0.39 is 11.9 Å². The van der Waals surface area contributed by atoms with Crippen molar-refractivity contribution in [1.82, 2.24) is 10.1 Å². The number of esters is 2. The van der Waals surface area contributed by atoms with E-state index in [0.717, 1.165) is 11.3 Å². The number of carbonyl (C=O) groups is 3. The van der Waals surface area contributed by atoms with Gasteiger partial charge in [-0.25, -0.2) is 9.59 Å². The summed E-state index contributed by atoms with van der Waals surface area (Å²) in [5.41, 5.74) is 1.91. The summed E-state index contributed by atoms with van der Waals surface area (Å²) in [7, 11) is 2.76. The summed E-state index contributed by atoms with van der Waals surface area (Å²) in [4.78, 5) is 37.5. The van der Waals surface area contributed by atoms with Gasteiger partial charge in [0.25, 0.3) is 0 Å². The number of thioether (sulfide) groups is 1. The second-order valence-corrected chi connectivity index (χ2v) is 8.28. The molecule has 0 bridgehead atoms. The highest BCUT2D eigenvalue weighted by Gasteiger charge is 2.27. The van der Waals surface area contributed by atoms with Crippen molar-refractivity contribution in [3.05, 3.63) is 51.9 Å². The average molecular weight is 491 g/mol. The molecule has 182 valence electrons. The zero-order valence-electron chi connectivity index (χ0n) is 19.4. The van der Waals surface area contributed by atoms with Gasteiger partial charge in [-0.1, -0.05) is 16.9 Å². The van der Waals surface area contributed by atoms with Crippen molar-refractivity contribution in [2.24, 2.45) is 0 Å². The Kier molecular flexibility index (Phi) is 8.58. The molecule has 1 saturated heterocycles. The van der Waals surface area contributed by atoms with Gasteiger partial charge in [-0.15, -0.1) is 0 Å². The molecule has 11 heteroatoms. The van der Waals surface area contributed by atoms with E-state index in [2.05, 4.69) is 9.89 Å². The molecule has 1 amide bonds. The normalized spacial score (nSPS) is 14.4. The molecule has 10 nitrogen and oxygen atoms in total. The maximum Gasteiger partial charge on any atom is 0.338 e. The van der Waals surface area contributed by atoms with E-state index in [4.69, 9.17) is 18.7 Å². The van der Waals surface area contributed by atoms with Crippen molar-refractivity contribution in [3.63, 3.8) is 0 Å². The molecule has 1 aliphatic heterocycles. The van der Waals surface area contributed by atoms with E-state index in [9.17, 15) is 14.4 Å². The Labute approximate surface area is 201 Å². The third-order valence-corrected chi connectivity index (χ3v) is 6.09. The minimum Gasteiger partial charge on any atom is -0.493 e. The van der Waals surface area contributed by atoms with Gasteiger partial charge in [0, 0.05) is 6.54 Å². The van der Waals surface area contributed by atoms with Crippen LogP contribution >= 0.6 is 11.8 Å². The molecular formula is C23H26N2O8S. The molecule has 1 fully saturated rings. The fourth-order valence-corrected chi connectivity index (χ4v) is 4.13. The van der Waals surface area contributed by atoms with E-state index in [1.54, 1.807) is 18.2 Å². The quantitative estimate of drug-likeness (QED) is 0.279.